The lowest BCUT2D eigenvalue weighted by Crippen LogP contribution is -2.41. The van der Waals surface area contributed by atoms with Crippen LogP contribution in [0.25, 0.3) is 0 Å². The van der Waals surface area contributed by atoms with Crippen LogP contribution in [0.5, 0.6) is 0 Å². The van der Waals surface area contributed by atoms with Crippen LogP contribution in [0.3, 0.4) is 0 Å². The van der Waals surface area contributed by atoms with Gasteiger partial charge in [-0.15, -0.1) is 0 Å². The number of urea groups is 1. The first kappa shape index (κ1) is 14.0. The van der Waals surface area contributed by atoms with Crippen LogP contribution in [0.4, 0.5) is 4.79 Å². The molecule has 0 heterocycles. The number of nitrogens with zero attached hydrogens (tertiary/aromatic N) is 1. The Morgan fingerprint density at radius 3 is 2.00 bits per heavy atom. The smallest absolute Gasteiger partial charge is 0.321 e. The summed E-state index contributed by atoms with van der Waals surface area (Å²) < 4.78 is 0. The Labute approximate surface area is 93.5 Å². The molecule has 0 aliphatic carbocycles. The molecule has 0 saturated carbocycles. The SMILES string of the molecule is CC=CNC(=O)N(CC(C)C)CC(C)C. The molecular weight excluding hydrogens is 188 g/mol. The Kier molecular flexibility index (Phi) is 6.84. The molecule has 0 saturated heterocycles. The number of hydrogen-bond acceptors (Lipinski definition) is 1. The molecule has 0 aromatic carbocycles. The van der Waals surface area contributed by atoms with E-state index in [1.165, 1.54) is 0 Å². The van der Waals surface area contributed by atoms with Crippen molar-refractivity contribution in [3.05, 3.63) is 12.3 Å². The molecule has 88 valence electrons. The summed E-state index contributed by atoms with van der Waals surface area (Å²) in [5, 5.41) is 2.75. The summed E-state index contributed by atoms with van der Waals surface area (Å²) in [6, 6.07) is -0.00417. The highest BCUT2D eigenvalue weighted by molar-refractivity contribution is 5.75. The van der Waals surface area contributed by atoms with Gasteiger partial charge in [0.2, 0.25) is 0 Å². The lowest BCUT2D eigenvalue weighted by molar-refractivity contribution is 0.187. The molecule has 0 aliphatic rings. The molecule has 3 heteroatoms. The van der Waals surface area contributed by atoms with Gasteiger partial charge in [0, 0.05) is 19.3 Å². The van der Waals surface area contributed by atoms with Gasteiger partial charge in [-0.3, -0.25) is 0 Å². The first-order chi connectivity index (χ1) is 6.97. The highest BCUT2D eigenvalue weighted by Crippen LogP contribution is 2.03. The molecule has 0 aromatic heterocycles. The molecule has 2 amide bonds. The minimum atomic E-state index is -0.00417. The van der Waals surface area contributed by atoms with Gasteiger partial charge in [-0.2, -0.15) is 0 Å². The van der Waals surface area contributed by atoms with Crippen LogP contribution in [0, 0.1) is 11.8 Å². The van der Waals surface area contributed by atoms with Gasteiger partial charge in [0.1, 0.15) is 0 Å². The van der Waals surface area contributed by atoms with Crippen molar-refractivity contribution >= 4 is 6.03 Å². The maximum absolute atomic E-state index is 11.7. The minimum absolute atomic E-state index is 0.00417. The van der Waals surface area contributed by atoms with Crippen LogP contribution in [-0.2, 0) is 0 Å². The van der Waals surface area contributed by atoms with Crippen molar-refractivity contribution in [1.82, 2.24) is 10.2 Å². The molecule has 0 fully saturated rings. The Morgan fingerprint density at radius 2 is 1.67 bits per heavy atom. The molecule has 0 unspecified atom stereocenters. The van der Waals surface area contributed by atoms with Crippen molar-refractivity contribution in [2.75, 3.05) is 13.1 Å². The zero-order valence-corrected chi connectivity index (χ0v) is 10.6. The predicted octanol–water partition coefficient (Wildman–Crippen LogP) is 2.84. The summed E-state index contributed by atoms with van der Waals surface area (Å²) >= 11 is 0. The van der Waals surface area contributed by atoms with E-state index in [1.54, 1.807) is 6.20 Å². The molecule has 0 rings (SSSR count). The maximum Gasteiger partial charge on any atom is 0.321 e. The van der Waals surface area contributed by atoms with E-state index in [2.05, 4.69) is 33.0 Å². The van der Waals surface area contributed by atoms with Gasteiger partial charge in [0.05, 0.1) is 0 Å². The molecule has 0 bridgehead atoms. The van der Waals surface area contributed by atoms with Crippen LogP contribution in [-0.4, -0.2) is 24.0 Å². The van der Waals surface area contributed by atoms with Gasteiger partial charge in [-0.05, 0) is 18.8 Å². The fraction of sp³-hybridized carbons (Fsp3) is 0.750. The summed E-state index contributed by atoms with van der Waals surface area (Å²) in [4.78, 5) is 13.6. The summed E-state index contributed by atoms with van der Waals surface area (Å²) in [6.07, 6.45) is 3.50. The largest absolute Gasteiger partial charge is 0.324 e. The van der Waals surface area contributed by atoms with E-state index >= 15 is 0 Å². The standard InChI is InChI=1S/C12H24N2O/c1-6-7-13-12(15)14(8-10(2)3)9-11(4)5/h6-7,10-11H,8-9H2,1-5H3,(H,13,15). The van der Waals surface area contributed by atoms with Crippen LogP contribution >= 0.6 is 0 Å². The molecule has 0 radical (unpaired) electrons. The van der Waals surface area contributed by atoms with E-state index in [4.69, 9.17) is 0 Å². The van der Waals surface area contributed by atoms with Gasteiger partial charge in [-0.1, -0.05) is 33.8 Å². The van der Waals surface area contributed by atoms with Crippen molar-refractivity contribution in [3.63, 3.8) is 0 Å². The maximum atomic E-state index is 11.7. The molecule has 0 aromatic rings. The number of hydrogen-bond donors (Lipinski definition) is 1. The monoisotopic (exact) mass is 212 g/mol. The molecule has 1 N–H and O–H groups in total. The first-order valence-corrected chi connectivity index (χ1v) is 5.64. The van der Waals surface area contributed by atoms with E-state index in [9.17, 15) is 4.79 Å². The van der Waals surface area contributed by atoms with E-state index in [0.29, 0.717) is 11.8 Å². The molecular formula is C12H24N2O. The Bertz CT molecular complexity index is 200. The number of carbonyl (C=O) groups is 1. The van der Waals surface area contributed by atoms with Gasteiger partial charge in [0.25, 0.3) is 0 Å². The topological polar surface area (TPSA) is 32.3 Å². The van der Waals surface area contributed by atoms with Crippen LogP contribution in [0.15, 0.2) is 12.3 Å². The average Bonchev–Trinajstić information content (AvgIpc) is 2.11. The second-order valence-corrected chi connectivity index (χ2v) is 4.64. The molecule has 0 atom stereocenters. The fourth-order valence-corrected chi connectivity index (χ4v) is 1.37. The fourth-order valence-electron chi connectivity index (χ4n) is 1.37. The Hall–Kier alpha value is -0.990. The van der Waals surface area contributed by atoms with Crippen LogP contribution in [0.2, 0.25) is 0 Å². The predicted molar refractivity (Wildman–Crippen MR) is 64.6 cm³/mol. The van der Waals surface area contributed by atoms with Crippen LogP contribution in [0.1, 0.15) is 34.6 Å². The zero-order chi connectivity index (χ0) is 11.8. The van der Waals surface area contributed by atoms with E-state index < -0.39 is 0 Å². The van der Waals surface area contributed by atoms with Crippen molar-refractivity contribution in [2.45, 2.75) is 34.6 Å². The lowest BCUT2D eigenvalue weighted by atomic mass is 10.1. The Balaban J connectivity index is 4.26. The number of amides is 2. The summed E-state index contributed by atoms with van der Waals surface area (Å²) in [7, 11) is 0. The zero-order valence-electron chi connectivity index (χ0n) is 10.6. The van der Waals surface area contributed by atoms with E-state index in [0.717, 1.165) is 13.1 Å². The third-order valence-corrected chi connectivity index (χ3v) is 1.83. The third kappa shape index (κ3) is 7.00. The molecule has 15 heavy (non-hydrogen) atoms. The summed E-state index contributed by atoms with van der Waals surface area (Å²) in [5.41, 5.74) is 0. The lowest BCUT2D eigenvalue weighted by Gasteiger charge is -2.25. The van der Waals surface area contributed by atoms with E-state index in [1.807, 2.05) is 17.9 Å². The minimum Gasteiger partial charge on any atom is -0.324 e. The van der Waals surface area contributed by atoms with Crippen LogP contribution < -0.4 is 5.32 Å². The number of nitrogens with one attached hydrogen (secondary N) is 1. The first-order valence-electron chi connectivity index (χ1n) is 5.64. The molecule has 3 nitrogen and oxygen atoms in total. The number of carbonyl (C=O) groups excluding carboxylic acids is 1. The van der Waals surface area contributed by atoms with Crippen molar-refractivity contribution in [3.8, 4) is 0 Å². The van der Waals surface area contributed by atoms with Gasteiger partial charge in [-0.25, -0.2) is 4.79 Å². The number of rotatable bonds is 5. The van der Waals surface area contributed by atoms with Crippen molar-refractivity contribution < 1.29 is 4.79 Å². The van der Waals surface area contributed by atoms with E-state index in [-0.39, 0.29) is 6.03 Å². The highest BCUT2D eigenvalue weighted by Gasteiger charge is 2.14. The van der Waals surface area contributed by atoms with Gasteiger partial charge < -0.3 is 10.2 Å². The van der Waals surface area contributed by atoms with Crippen molar-refractivity contribution in [2.24, 2.45) is 11.8 Å². The second kappa shape index (κ2) is 7.32. The highest BCUT2D eigenvalue weighted by atomic mass is 16.2. The number of allylic oxidation sites excluding steroid dienone is 1. The van der Waals surface area contributed by atoms with Gasteiger partial charge >= 0.3 is 6.03 Å². The Morgan fingerprint density at radius 1 is 1.20 bits per heavy atom. The van der Waals surface area contributed by atoms with Crippen molar-refractivity contribution in [1.29, 1.82) is 0 Å². The molecule has 0 spiro atoms. The van der Waals surface area contributed by atoms with Gasteiger partial charge in [0.15, 0.2) is 0 Å². The second-order valence-electron chi connectivity index (χ2n) is 4.64. The molecule has 0 aliphatic heterocycles. The summed E-state index contributed by atoms with van der Waals surface area (Å²) in [6.45, 7) is 12.0. The summed E-state index contributed by atoms with van der Waals surface area (Å²) in [5.74, 6) is 1.00. The quantitative estimate of drug-likeness (QED) is 0.746. The third-order valence-electron chi connectivity index (χ3n) is 1.83. The normalized spacial score (nSPS) is 11.4. The average molecular weight is 212 g/mol.